The number of halogens is 2. The summed E-state index contributed by atoms with van der Waals surface area (Å²) in [4.78, 5) is 12.4. The molecular formula is C22H18F2N4O2. The smallest absolute Gasteiger partial charge is 0.162 e. The minimum atomic E-state index is -0.714. The topological polar surface area (TPSA) is 69.2 Å². The van der Waals surface area contributed by atoms with Gasteiger partial charge in [0.2, 0.25) is 0 Å². The number of aromatic nitrogens is 3. The Bertz CT molecular complexity index is 1140. The van der Waals surface area contributed by atoms with Crippen molar-refractivity contribution in [3.63, 3.8) is 0 Å². The van der Waals surface area contributed by atoms with E-state index >= 15 is 0 Å². The molecule has 0 radical (unpaired) electrons. The molecule has 3 heterocycles. The highest BCUT2D eigenvalue weighted by molar-refractivity contribution is 5.80. The summed E-state index contributed by atoms with van der Waals surface area (Å²) in [6.07, 6.45) is 6.74. The number of rotatable bonds is 4. The lowest BCUT2D eigenvalue weighted by Crippen LogP contribution is -2.15. The summed E-state index contributed by atoms with van der Waals surface area (Å²) in [5.41, 5.74) is 3.74. The molecule has 0 unspecified atom stereocenters. The second kappa shape index (κ2) is 7.37. The van der Waals surface area contributed by atoms with Crippen molar-refractivity contribution < 1.29 is 18.3 Å². The molecule has 0 amide bonds. The van der Waals surface area contributed by atoms with Crippen LogP contribution in [0.1, 0.15) is 24.0 Å². The van der Waals surface area contributed by atoms with Crippen molar-refractivity contribution in [2.24, 2.45) is 0 Å². The predicted octanol–water partition coefficient (Wildman–Crippen LogP) is 4.51. The molecule has 3 aromatic rings. The van der Waals surface area contributed by atoms with Crippen LogP contribution in [0.5, 0.6) is 11.5 Å². The Morgan fingerprint density at radius 1 is 0.933 bits per heavy atom. The van der Waals surface area contributed by atoms with E-state index in [9.17, 15) is 8.78 Å². The van der Waals surface area contributed by atoms with Crippen LogP contribution in [0, 0.1) is 18.6 Å². The SMILES string of the molecule is Cc1cc2c(cc1-c1cnc(NC(=C3CC3)c3c(F)cncc3F)cn1)OCCO2. The molecule has 30 heavy (non-hydrogen) atoms. The predicted molar refractivity (Wildman–Crippen MR) is 107 cm³/mol. The largest absolute Gasteiger partial charge is 0.486 e. The van der Waals surface area contributed by atoms with Gasteiger partial charge in [0.15, 0.2) is 23.1 Å². The van der Waals surface area contributed by atoms with E-state index in [1.165, 1.54) is 0 Å². The maximum Gasteiger partial charge on any atom is 0.162 e. The standard InChI is InChI=1S/C22H18F2N4O2/c1-12-6-18-19(30-5-4-29-18)7-14(12)17-10-27-20(11-26-17)28-22(13-2-3-13)21-15(23)8-25-9-16(21)24/h6-11H,2-5H2,1H3,(H,27,28). The molecule has 1 fully saturated rings. The molecule has 0 spiro atoms. The maximum absolute atomic E-state index is 14.2. The minimum Gasteiger partial charge on any atom is -0.486 e. The molecule has 1 saturated carbocycles. The number of aryl methyl sites for hydroxylation is 1. The quantitative estimate of drug-likeness (QED) is 0.685. The summed E-state index contributed by atoms with van der Waals surface area (Å²) < 4.78 is 39.7. The molecule has 152 valence electrons. The summed E-state index contributed by atoms with van der Waals surface area (Å²) in [6.45, 7) is 3.00. The van der Waals surface area contributed by atoms with Gasteiger partial charge in [-0.3, -0.25) is 9.97 Å². The molecule has 0 bridgehead atoms. The first-order chi connectivity index (χ1) is 14.6. The van der Waals surface area contributed by atoms with Gasteiger partial charge in [0, 0.05) is 5.56 Å². The van der Waals surface area contributed by atoms with Gasteiger partial charge in [0.05, 0.1) is 41.7 Å². The van der Waals surface area contributed by atoms with Crippen LogP contribution in [0.15, 0.2) is 42.5 Å². The molecule has 2 aliphatic rings. The van der Waals surface area contributed by atoms with E-state index in [2.05, 4.69) is 20.3 Å². The number of hydrogen-bond donors (Lipinski definition) is 1. The lowest BCUT2D eigenvalue weighted by atomic mass is 10.0. The van der Waals surface area contributed by atoms with Crippen molar-refractivity contribution in [2.45, 2.75) is 19.8 Å². The molecular weight excluding hydrogens is 390 g/mol. The number of nitrogens with one attached hydrogen (secondary N) is 1. The average Bonchev–Trinajstić information content (AvgIpc) is 3.58. The van der Waals surface area contributed by atoms with Crippen LogP contribution in [0.25, 0.3) is 17.0 Å². The van der Waals surface area contributed by atoms with Crippen molar-refractivity contribution in [1.29, 1.82) is 0 Å². The molecule has 6 nitrogen and oxygen atoms in total. The highest BCUT2D eigenvalue weighted by Crippen LogP contribution is 2.39. The van der Waals surface area contributed by atoms with Crippen LogP contribution >= 0.6 is 0 Å². The summed E-state index contributed by atoms with van der Waals surface area (Å²) >= 11 is 0. The molecule has 1 aliphatic carbocycles. The van der Waals surface area contributed by atoms with E-state index in [4.69, 9.17) is 9.47 Å². The minimum absolute atomic E-state index is 0.119. The van der Waals surface area contributed by atoms with Gasteiger partial charge in [0.1, 0.15) is 19.0 Å². The van der Waals surface area contributed by atoms with Crippen LogP contribution in [0.4, 0.5) is 14.6 Å². The molecule has 8 heteroatoms. The van der Waals surface area contributed by atoms with Crippen molar-refractivity contribution in [1.82, 2.24) is 15.0 Å². The zero-order valence-electron chi connectivity index (χ0n) is 16.2. The second-order valence-corrected chi connectivity index (χ2v) is 7.18. The lowest BCUT2D eigenvalue weighted by Gasteiger charge is -2.20. The third-order valence-electron chi connectivity index (χ3n) is 5.03. The number of benzene rings is 1. The fourth-order valence-electron chi connectivity index (χ4n) is 3.42. The molecule has 1 aromatic carbocycles. The Morgan fingerprint density at radius 2 is 1.63 bits per heavy atom. The van der Waals surface area contributed by atoms with Crippen LogP contribution < -0.4 is 14.8 Å². The Labute approximate surface area is 171 Å². The first-order valence-corrected chi connectivity index (χ1v) is 9.61. The Kier molecular flexibility index (Phi) is 4.54. The second-order valence-electron chi connectivity index (χ2n) is 7.18. The first kappa shape index (κ1) is 18.5. The maximum atomic E-state index is 14.2. The number of fused-ring (bicyclic) bond motifs is 1. The van der Waals surface area contributed by atoms with E-state index in [1.54, 1.807) is 12.4 Å². The Hall–Kier alpha value is -3.55. The van der Waals surface area contributed by atoms with E-state index in [1.807, 2.05) is 19.1 Å². The number of ether oxygens (including phenoxy) is 2. The van der Waals surface area contributed by atoms with Crippen LogP contribution in [-0.2, 0) is 0 Å². The average molecular weight is 408 g/mol. The molecule has 0 atom stereocenters. The van der Waals surface area contributed by atoms with E-state index in [0.29, 0.717) is 36.2 Å². The Balaban J connectivity index is 1.44. The third-order valence-corrected chi connectivity index (χ3v) is 5.03. The van der Waals surface area contributed by atoms with Crippen molar-refractivity contribution >= 4 is 11.5 Å². The highest BCUT2D eigenvalue weighted by Gasteiger charge is 2.25. The van der Waals surface area contributed by atoms with Gasteiger partial charge in [-0.05, 0) is 43.0 Å². The van der Waals surface area contributed by atoms with Gasteiger partial charge < -0.3 is 14.8 Å². The molecule has 5 rings (SSSR count). The normalized spacial score (nSPS) is 14.4. The third kappa shape index (κ3) is 3.45. The van der Waals surface area contributed by atoms with Crippen LogP contribution in [0.3, 0.4) is 0 Å². The Morgan fingerprint density at radius 3 is 2.27 bits per heavy atom. The van der Waals surface area contributed by atoms with Gasteiger partial charge in [0.25, 0.3) is 0 Å². The summed E-state index contributed by atoms with van der Waals surface area (Å²) in [5.74, 6) is 0.367. The van der Waals surface area contributed by atoms with Crippen LogP contribution in [-0.4, -0.2) is 28.2 Å². The number of nitrogens with zero attached hydrogens (tertiary/aromatic N) is 3. The van der Waals surface area contributed by atoms with Crippen molar-refractivity contribution in [3.05, 3.63) is 65.3 Å². The van der Waals surface area contributed by atoms with E-state index in [0.717, 1.165) is 47.7 Å². The fourth-order valence-corrected chi connectivity index (χ4v) is 3.42. The van der Waals surface area contributed by atoms with Crippen LogP contribution in [0.2, 0.25) is 0 Å². The van der Waals surface area contributed by atoms with Crippen molar-refractivity contribution in [3.8, 4) is 22.8 Å². The molecule has 1 aliphatic heterocycles. The number of pyridine rings is 1. The molecule has 1 N–H and O–H groups in total. The summed E-state index contributed by atoms with van der Waals surface area (Å²) in [6, 6.07) is 3.81. The number of hydrogen-bond acceptors (Lipinski definition) is 6. The van der Waals surface area contributed by atoms with Gasteiger partial charge in [-0.1, -0.05) is 0 Å². The zero-order chi connectivity index (χ0) is 20.7. The van der Waals surface area contributed by atoms with Gasteiger partial charge in [-0.2, -0.15) is 0 Å². The van der Waals surface area contributed by atoms with Gasteiger partial charge in [-0.15, -0.1) is 0 Å². The number of allylic oxidation sites excluding steroid dienone is 1. The first-order valence-electron chi connectivity index (χ1n) is 9.61. The molecule has 0 saturated heterocycles. The van der Waals surface area contributed by atoms with Gasteiger partial charge in [-0.25, -0.2) is 13.8 Å². The summed E-state index contributed by atoms with van der Waals surface area (Å²) in [7, 11) is 0. The number of anilines is 1. The van der Waals surface area contributed by atoms with E-state index < -0.39 is 11.6 Å². The van der Waals surface area contributed by atoms with Gasteiger partial charge >= 0.3 is 0 Å². The monoisotopic (exact) mass is 408 g/mol. The fraction of sp³-hybridized carbons (Fsp3) is 0.227. The summed E-state index contributed by atoms with van der Waals surface area (Å²) in [5, 5.41) is 3.04. The lowest BCUT2D eigenvalue weighted by molar-refractivity contribution is 0.171. The zero-order valence-corrected chi connectivity index (χ0v) is 16.2. The molecule has 2 aromatic heterocycles. The highest BCUT2D eigenvalue weighted by atomic mass is 19.1. The van der Waals surface area contributed by atoms with E-state index in [-0.39, 0.29) is 5.56 Å². The van der Waals surface area contributed by atoms with Crippen molar-refractivity contribution in [2.75, 3.05) is 18.5 Å².